The molecule has 0 radical (unpaired) electrons. The monoisotopic (exact) mass is 273 g/mol. The zero-order chi connectivity index (χ0) is 11.3. The highest BCUT2D eigenvalue weighted by atomic mass is 79.9. The Balaban J connectivity index is 2.46. The van der Waals surface area contributed by atoms with Gasteiger partial charge >= 0.3 is 0 Å². The normalized spacial score (nSPS) is 14.6. The zero-order valence-electron chi connectivity index (χ0n) is 8.98. The van der Waals surface area contributed by atoms with Crippen molar-refractivity contribution in [2.75, 3.05) is 0 Å². The van der Waals surface area contributed by atoms with E-state index in [-0.39, 0.29) is 16.8 Å². The maximum Gasteiger partial charge on any atom is 0.233 e. The van der Waals surface area contributed by atoms with E-state index in [9.17, 15) is 4.79 Å². The van der Waals surface area contributed by atoms with Crippen molar-refractivity contribution in [2.24, 2.45) is 0 Å². The molecule has 1 amide bonds. The van der Waals surface area contributed by atoms with E-state index in [1.807, 2.05) is 17.7 Å². The van der Waals surface area contributed by atoms with Gasteiger partial charge in [-0.15, -0.1) is 0 Å². The van der Waals surface area contributed by atoms with E-state index in [2.05, 4.69) is 33.2 Å². The largest absolute Gasteiger partial charge is 0.351 e. The molecule has 0 fully saturated rings. The Morgan fingerprint density at radius 1 is 1.67 bits per heavy atom. The molecule has 0 saturated heterocycles. The lowest BCUT2D eigenvalue weighted by atomic mass is 10.2. The van der Waals surface area contributed by atoms with Crippen molar-refractivity contribution in [2.45, 2.75) is 37.7 Å². The Kier molecular flexibility index (Phi) is 4.81. The number of hydrogen-bond acceptors (Lipinski definition) is 2. The molecule has 2 unspecified atom stereocenters. The molecule has 0 aromatic carbocycles. The maximum absolute atomic E-state index is 11.5. The van der Waals surface area contributed by atoms with Crippen LogP contribution in [-0.2, 0) is 11.3 Å². The van der Waals surface area contributed by atoms with Gasteiger partial charge in [0.1, 0.15) is 0 Å². The van der Waals surface area contributed by atoms with Gasteiger partial charge in [0.05, 0.1) is 11.2 Å². The Morgan fingerprint density at radius 3 is 2.87 bits per heavy atom. The van der Waals surface area contributed by atoms with E-state index in [1.165, 1.54) is 0 Å². The topological polar surface area (TPSA) is 46.9 Å². The first-order valence-electron chi connectivity index (χ1n) is 5.03. The number of halogens is 1. The van der Waals surface area contributed by atoms with Crippen LogP contribution in [0.1, 0.15) is 20.3 Å². The molecule has 0 spiro atoms. The molecule has 0 bridgehead atoms. The smallest absolute Gasteiger partial charge is 0.233 e. The van der Waals surface area contributed by atoms with Crippen LogP contribution in [0.15, 0.2) is 18.7 Å². The predicted octanol–water partition coefficient (Wildman–Crippen LogP) is 1.56. The second kappa shape index (κ2) is 5.90. The minimum Gasteiger partial charge on any atom is -0.351 e. The lowest BCUT2D eigenvalue weighted by Crippen LogP contribution is -2.40. The predicted molar refractivity (Wildman–Crippen MR) is 62.8 cm³/mol. The van der Waals surface area contributed by atoms with Crippen LogP contribution in [0.4, 0.5) is 0 Å². The average molecular weight is 274 g/mol. The van der Waals surface area contributed by atoms with Crippen molar-refractivity contribution in [1.82, 2.24) is 14.9 Å². The molecule has 0 aliphatic heterocycles. The summed E-state index contributed by atoms with van der Waals surface area (Å²) in [7, 11) is 0. The van der Waals surface area contributed by atoms with Crippen LogP contribution in [-0.4, -0.2) is 26.3 Å². The minimum absolute atomic E-state index is 0.0296. The molecule has 1 N–H and O–H groups in total. The van der Waals surface area contributed by atoms with Gasteiger partial charge < -0.3 is 9.88 Å². The van der Waals surface area contributed by atoms with Gasteiger partial charge in [0.2, 0.25) is 5.91 Å². The number of hydrogen-bond donors (Lipinski definition) is 1. The van der Waals surface area contributed by atoms with E-state index >= 15 is 0 Å². The van der Waals surface area contributed by atoms with Crippen LogP contribution in [0.3, 0.4) is 0 Å². The summed E-state index contributed by atoms with van der Waals surface area (Å²) in [6.45, 7) is 4.64. The lowest BCUT2D eigenvalue weighted by molar-refractivity contribution is -0.121. The van der Waals surface area contributed by atoms with Crippen molar-refractivity contribution in [3.63, 3.8) is 0 Å². The Hall–Kier alpha value is -0.840. The third-order valence-corrected chi connectivity index (χ3v) is 2.61. The summed E-state index contributed by atoms with van der Waals surface area (Å²) in [4.78, 5) is 15.3. The summed E-state index contributed by atoms with van der Waals surface area (Å²) in [6, 6.07) is 0.159. The van der Waals surface area contributed by atoms with E-state index in [0.29, 0.717) is 0 Å². The molecule has 1 rings (SSSR count). The number of aromatic nitrogens is 2. The number of alkyl halides is 1. The molecule has 84 valence electrons. The van der Waals surface area contributed by atoms with E-state index in [1.54, 1.807) is 12.5 Å². The number of rotatable bonds is 5. The van der Waals surface area contributed by atoms with Gasteiger partial charge in [0, 0.05) is 25.0 Å². The standard InChI is InChI=1S/C10H16BrN3O/c1-3-9(13-10(15)8(2)11)6-14-5-4-12-7-14/h4-5,7-9H,3,6H2,1-2H3,(H,13,15). The number of nitrogens with one attached hydrogen (secondary N) is 1. The van der Waals surface area contributed by atoms with Crippen LogP contribution in [0.2, 0.25) is 0 Å². The number of carbonyl (C=O) groups excluding carboxylic acids is 1. The van der Waals surface area contributed by atoms with Crippen molar-refractivity contribution in [3.8, 4) is 0 Å². The Morgan fingerprint density at radius 2 is 2.40 bits per heavy atom. The molecule has 1 heterocycles. The number of carbonyl (C=O) groups is 1. The highest BCUT2D eigenvalue weighted by molar-refractivity contribution is 9.10. The fourth-order valence-electron chi connectivity index (χ4n) is 1.24. The van der Waals surface area contributed by atoms with Crippen LogP contribution < -0.4 is 5.32 Å². The molecular formula is C10H16BrN3O. The summed E-state index contributed by atoms with van der Waals surface area (Å²) in [6.07, 6.45) is 6.30. The maximum atomic E-state index is 11.5. The highest BCUT2D eigenvalue weighted by Crippen LogP contribution is 2.01. The first-order valence-corrected chi connectivity index (χ1v) is 5.95. The molecule has 1 aromatic rings. The summed E-state index contributed by atoms with van der Waals surface area (Å²) < 4.78 is 1.97. The van der Waals surface area contributed by atoms with Crippen molar-refractivity contribution in [1.29, 1.82) is 0 Å². The fourth-order valence-corrected chi connectivity index (χ4v) is 1.37. The van der Waals surface area contributed by atoms with E-state index < -0.39 is 0 Å². The molecule has 0 aliphatic carbocycles. The van der Waals surface area contributed by atoms with Gasteiger partial charge in [-0.05, 0) is 13.3 Å². The van der Waals surface area contributed by atoms with Gasteiger partial charge in [-0.25, -0.2) is 4.98 Å². The first kappa shape index (κ1) is 12.2. The number of imidazole rings is 1. The van der Waals surface area contributed by atoms with Gasteiger partial charge in [-0.3, -0.25) is 4.79 Å². The SMILES string of the molecule is CCC(Cn1ccnc1)NC(=O)C(C)Br. The third kappa shape index (κ3) is 4.03. The Labute approximate surface area is 98.2 Å². The molecular weight excluding hydrogens is 258 g/mol. The van der Waals surface area contributed by atoms with E-state index in [4.69, 9.17) is 0 Å². The van der Waals surface area contributed by atoms with Gasteiger partial charge in [0.15, 0.2) is 0 Å². The first-order chi connectivity index (χ1) is 7.13. The molecule has 1 aromatic heterocycles. The lowest BCUT2D eigenvalue weighted by Gasteiger charge is -2.18. The summed E-state index contributed by atoms with van der Waals surface area (Å²) in [5.74, 6) is 0.0296. The Bertz CT molecular complexity index is 298. The molecule has 0 saturated carbocycles. The minimum atomic E-state index is -0.144. The van der Waals surface area contributed by atoms with Crippen LogP contribution >= 0.6 is 15.9 Å². The molecule has 5 heteroatoms. The van der Waals surface area contributed by atoms with Crippen molar-refractivity contribution < 1.29 is 4.79 Å². The van der Waals surface area contributed by atoms with Crippen LogP contribution in [0, 0.1) is 0 Å². The van der Waals surface area contributed by atoms with E-state index in [0.717, 1.165) is 13.0 Å². The van der Waals surface area contributed by atoms with Gasteiger partial charge in [-0.1, -0.05) is 22.9 Å². The van der Waals surface area contributed by atoms with Gasteiger partial charge in [-0.2, -0.15) is 0 Å². The fraction of sp³-hybridized carbons (Fsp3) is 0.600. The quantitative estimate of drug-likeness (QED) is 0.828. The molecule has 0 aliphatic rings. The summed E-state index contributed by atoms with van der Waals surface area (Å²) in [5, 5.41) is 2.97. The average Bonchev–Trinajstić information content (AvgIpc) is 2.69. The zero-order valence-corrected chi connectivity index (χ0v) is 10.6. The van der Waals surface area contributed by atoms with Crippen molar-refractivity contribution >= 4 is 21.8 Å². The second-order valence-electron chi connectivity index (χ2n) is 3.49. The molecule has 4 nitrogen and oxygen atoms in total. The highest BCUT2D eigenvalue weighted by Gasteiger charge is 2.14. The number of amides is 1. The molecule has 15 heavy (non-hydrogen) atoms. The van der Waals surface area contributed by atoms with Crippen molar-refractivity contribution in [3.05, 3.63) is 18.7 Å². The van der Waals surface area contributed by atoms with Gasteiger partial charge in [0.25, 0.3) is 0 Å². The van der Waals surface area contributed by atoms with Crippen LogP contribution in [0.25, 0.3) is 0 Å². The summed E-state index contributed by atoms with van der Waals surface area (Å²) >= 11 is 3.24. The molecule has 2 atom stereocenters. The third-order valence-electron chi connectivity index (χ3n) is 2.19. The number of nitrogens with zero attached hydrogens (tertiary/aromatic N) is 2. The van der Waals surface area contributed by atoms with Crippen LogP contribution in [0.5, 0.6) is 0 Å². The summed E-state index contributed by atoms with van der Waals surface area (Å²) in [5.41, 5.74) is 0. The second-order valence-corrected chi connectivity index (χ2v) is 4.86.